The summed E-state index contributed by atoms with van der Waals surface area (Å²) in [6.07, 6.45) is 3.83. The van der Waals surface area contributed by atoms with Crippen LogP contribution in [0.25, 0.3) is 0 Å². The number of carbonyl (C=O) groups excluding carboxylic acids is 1. The van der Waals surface area contributed by atoms with Crippen LogP contribution in [0.4, 0.5) is 10.5 Å². The minimum Gasteiger partial charge on any atom is -0.361 e. The van der Waals surface area contributed by atoms with Gasteiger partial charge in [0.2, 0.25) is 0 Å². The van der Waals surface area contributed by atoms with Crippen LogP contribution < -0.4 is 5.32 Å². The lowest BCUT2D eigenvalue weighted by Crippen LogP contribution is -2.34. The molecule has 0 unspecified atom stereocenters. The monoisotopic (exact) mass is 313 g/mol. The van der Waals surface area contributed by atoms with Gasteiger partial charge >= 0.3 is 6.03 Å². The molecule has 1 fully saturated rings. The third kappa shape index (κ3) is 3.55. The van der Waals surface area contributed by atoms with Gasteiger partial charge in [-0.2, -0.15) is 0 Å². The highest BCUT2D eigenvalue weighted by Crippen LogP contribution is 2.32. The van der Waals surface area contributed by atoms with Crippen LogP contribution in [0.15, 0.2) is 34.9 Å². The normalized spacial score (nSPS) is 17.5. The van der Waals surface area contributed by atoms with Crippen LogP contribution >= 0.6 is 0 Å². The molecule has 122 valence electrons. The second-order valence-corrected chi connectivity index (χ2v) is 6.12. The summed E-state index contributed by atoms with van der Waals surface area (Å²) in [5, 5.41) is 7.16. The van der Waals surface area contributed by atoms with Crippen molar-refractivity contribution in [3.05, 3.63) is 47.3 Å². The summed E-state index contributed by atoms with van der Waals surface area (Å²) >= 11 is 0. The summed E-state index contributed by atoms with van der Waals surface area (Å²) in [4.78, 5) is 14.5. The van der Waals surface area contributed by atoms with Gasteiger partial charge in [0.05, 0.1) is 6.04 Å². The Balaban J connectivity index is 1.71. The molecule has 5 heteroatoms. The molecule has 1 saturated heterocycles. The van der Waals surface area contributed by atoms with E-state index in [2.05, 4.69) is 17.4 Å². The van der Waals surface area contributed by atoms with E-state index in [-0.39, 0.29) is 12.1 Å². The zero-order chi connectivity index (χ0) is 16.2. The van der Waals surface area contributed by atoms with Crippen molar-refractivity contribution in [2.45, 2.75) is 45.6 Å². The molecule has 0 saturated carbocycles. The van der Waals surface area contributed by atoms with Gasteiger partial charge in [-0.15, -0.1) is 0 Å². The maximum absolute atomic E-state index is 12.6. The summed E-state index contributed by atoms with van der Waals surface area (Å²) in [7, 11) is 0. The third-order valence-electron chi connectivity index (χ3n) is 4.20. The first kappa shape index (κ1) is 15.6. The van der Waals surface area contributed by atoms with E-state index in [4.69, 9.17) is 4.52 Å². The molecule has 23 heavy (non-hydrogen) atoms. The van der Waals surface area contributed by atoms with E-state index in [0.717, 1.165) is 54.9 Å². The first-order chi connectivity index (χ1) is 11.2. The van der Waals surface area contributed by atoms with Gasteiger partial charge in [-0.25, -0.2) is 4.79 Å². The standard InChI is InChI=1S/C18H23N3O2/c1-3-6-15-12-16(20-23-15)17-9-5-10-21(17)18(22)19-14-8-4-7-13(2)11-14/h4,7-8,11-12,17H,3,5-6,9-10H2,1-2H3,(H,19,22)/t17-/m1/s1. The lowest BCUT2D eigenvalue weighted by Gasteiger charge is -2.23. The van der Waals surface area contributed by atoms with Crippen LogP contribution in [0.1, 0.15) is 49.2 Å². The van der Waals surface area contributed by atoms with Crippen molar-refractivity contribution in [2.24, 2.45) is 0 Å². The van der Waals surface area contributed by atoms with E-state index in [1.54, 1.807) is 0 Å². The number of nitrogens with zero attached hydrogens (tertiary/aromatic N) is 2. The predicted molar refractivity (Wildman–Crippen MR) is 89.4 cm³/mol. The number of aromatic nitrogens is 1. The Hall–Kier alpha value is -2.30. The number of anilines is 1. The molecule has 0 radical (unpaired) electrons. The average Bonchev–Trinajstić information content (AvgIpc) is 3.16. The summed E-state index contributed by atoms with van der Waals surface area (Å²) in [6.45, 7) is 4.87. The molecule has 1 aromatic heterocycles. The first-order valence-corrected chi connectivity index (χ1v) is 8.27. The van der Waals surface area contributed by atoms with Crippen LogP contribution in [0, 0.1) is 6.92 Å². The predicted octanol–water partition coefficient (Wildman–Crippen LogP) is 4.30. The molecule has 3 rings (SSSR count). The Bertz CT molecular complexity index is 680. The molecule has 0 aliphatic carbocycles. The molecular formula is C18H23N3O2. The summed E-state index contributed by atoms with van der Waals surface area (Å²) < 4.78 is 5.37. The lowest BCUT2D eigenvalue weighted by atomic mass is 10.1. The number of hydrogen-bond acceptors (Lipinski definition) is 3. The summed E-state index contributed by atoms with van der Waals surface area (Å²) in [5.74, 6) is 0.897. The number of hydrogen-bond donors (Lipinski definition) is 1. The van der Waals surface area contributed by atoms with Gasteiger partial charge in [-0.05, 0) is 43.9 Å². The molecule has 2 heterocycles. The van der Waals surface area contributed by atoms with Gasteiger partial charge < -0.3 is 14.7 Å². The molecule has 0 bridgehead atoms. The molecule has 1 aliphatic heterocycles. The smallest absolute Gasteiger partial charge is 0.322 e. The van der Waals surface area contributed by atoms with E-state index in [9.17, 15) is 4.79 Å². The van der Waals surface area contributed by atoms with Gasteiger partial charge in [0.15, 0.2) is 0 Å². The van der Waals surface area contributed by atoms with Crippen molar-refractivity contribution in [2.75, 3.05) is 11.9 Å². The van der Waals surface area contributed by atoms with Gasteiger partial charge in [0.1, 0.15) is 11.5 Å². The van der Waals surface area contributed by atoms with Crippen molar-refractivity contribution in [1.82, 2.24) is 10.1 Å². The highest BCUT2D eigenvalue weighted by atomic mass is 16.5. The fraction of sp³-hybridized carbons (Fsp3) is 0.444. The largest absolute Gasteiger partial charge is 0.361 e. The van der Waals surface area contributed by atoms with Crippen molar-refractivity contribution in [1.29, 1.82) is 0 Å². The maximum Gasteiger partial charge on any atom is 0.322 e. The topological polar surface area (TPSA) is 58.4 Å². The molecule has 0 spiro atoms. The Morgan fingerprint density at radius 2 is 2.30 bits per heavy atom. The summed E-state index contributed by atoms with van der Waals surface area (Å²) in [6, 6.07) is 9.77. The van der Waals surface area contributed by atoms with E-state index < -0.39 is 0 Å². The Morgan fingerprint density at radius 1 is 1.43 bits per heavy atom. The number of rotatable bonds is 4. The number of amides is 2. The van der Waals surface area contributed by atoms with E-state index >= 15 is 0 Å². The zero-order valence-corrected chi connectivity index (χ0v) is 13.7. The third-order valence-corrected chi connectivity index (χ3v) is 4.20. The Kier molecular flexibility index (Phi) is 4.65. The van der Waals surface area contributed by atoms with Crippen molar-refractivity contribution in [3.63, 3.8) is 0 Å². The van der Waals surface area contributed by atoms with E-state index in [0.29, 0.717) is 0 Å². The quantitative estimate of drug-likeness (QED) is 0.915. The van der Waals surface area contributed by atoms with Crippen LogP contribution in [0.5, 0.6) is 0 Å². The highest BCUT2D eigenvalue weighted by Gasteiger charge is 2.32. The van der Waals surface area contributed by atoms with E-state index in [1.165, 1.54) is 0 Å². The molecule has 2 amide bonds. The minimum atomic E-state index is -0.0712. The number of carbonyl (C=O) groups is 1. The number of aryl methyl sites for hydroxylation is 2. The molecule has 1 aromatic carbocycles. The SMILES string of the molecule is CCCc1cc([C@H]2CCCN2C(=O)Nc2cccc(C)c2)no1. The van der Waals surface area contributed by atoms with Crippen molar-refractivity contribution >= 4 is 11.7 Å². The van der Waals surface area contributed by atoms with Gasteiger partial charge in [0, 0.05) is 24.7 Å². The maximum atomic E-state index is 12.6. The molecule has 1 aliphatic rings. The molecule has 1 N–H and O–H groups in total. The second-order valence-electron chi connectivity index (χ2n) is 6.12. The van der Waals surface area contributed by atoms with Crippen molar-refractivity contribution < 1.29 is 9.32 Å². The molecule has 2 aromatic rings. The van der Waals surface area contributed by atoms with Crippen LogP contribution in [0.3, 0.4) is 0 Å². The summed E-state index contributed by atoms with van der Waals surface area (Å²) in [5.41, 5.74) is 2.82. The van der Waals surface area contributed by atoms with Crippen LogP contribution in [0.2, 0.25) is 0 Å². The number of likely N-dealkylation sites (tertiary alicyclic amines) is 1. The fourth-order valence-corrected chi connectivity index (χ4v) is 3.09. The zero-order valence-electron chi connectivity index (χ0n) is 13.7. The van der Waals surface area contributed by atoms with Gasteiger partial charge in [0.25, 0.3) is 0 Å². The lowest BCUT2D eigenvalue weighted by molar-refractivity contribution is 0.204. The van der Waals surface area contributed by atoms with Gasteiger partial charge in [-0.1, -0.05) is 24.2 Å². The molecule has 5 nitrogen and oxygen atoms in total. The highest BCUT2D eigenvalue weighted by molar-refractivity contribution is 5.89. The Labute approximate surface area is 136 Å². The fourth-order valence-electron chi connectivity index (χ4n) is 3.09. The second kappa shape index (κ2) is 6.86. The number of nitrogens with one attached hydrogen (secondary N) is 1. The Morgan fingerprint density at radius 3 is 3.09 bits per heavy atom. The molecular weight excluding hydrogens is 290 g/mol. The number of urea groups is 1. The average molecular weight is 313 g/mol. The van der Waals surface area contributed by atoms with Crippen LogP contribution in [-0.2, 0) is 6.42 Å². The van der Waals surface area contributed by atoms with Crippen LogP contribution in [-0.4, -0.2) is 22.6 Å². The first-order valence-electron chi connectivity index (χ1n) is 8.27. The van der Waals surface area contributed by atoms with Gasteiger partial charge in [-0.3, -0.25) is 0 Å². The minimum absolute atomic E-state index is 0.00849. The van der Waals surface area contributed by atoms with Crippen molar-refractivity contribution in [3.8, 4) is 0 Å². The number of benzene rings is 1. The molecule has 1 atom stereocenters. The van der Waals surface area contributed by atoms with E-state index in [1.807, 2.05) is 42.2 Å².